The van der Waals surface area contributed by atoms with Crippen molar-refractivity contribution >= 4 is 22.8 Å². The molecule has 4 N–H and O–H groups in total. The number of imidazole rings is 1. The third kappa shape index (κ3) is 4.10. The molecule has 0 saturated heterocycles. The van der Waals surface area contributed by atoms with E-state index in [1.54, 1.807) is 7.11 Å². The van der Waals surface area contributed by atoms with Gasteiger partial charge in [-0.15, -0.1) is 0 Å². The average Bonchev–Trinajstić information content (AvgIpc) is 2.87. The highest BCUT2D eigenvalue weighted by Gasteiger charge is 2.20. The predicted molar refractivity (Wildman–Crippen MR) is 83.8 cm³/mol. The number of aliphatic hydroxyl groups excluding tert-OH is 1. The molecule has 0 bridgehead atoms. The van der Waals surface area contributed by atoms with Crippen molar-refractivity contribution in [2.75, 3.05) is 26.9 Å². The van der Waals surface area contributed by atoms with Crippen LogP contribution in [0.15, 0.2) is 23.4 Å². The van der Waals surface area contributed by atoms with E-state index in [-0.39, 0.29) is 17.9 Å². The SMILES string of the molecule is CCOc1ccc2nc(SC(CO)C(N)COC)[nH]c2c1. The lowest BCUT2D eigenvalue weighted by atomic mass is 10.2. The molecule has 0 aliphatic heterocycles. The van der Waals surface area contributed by atoms with Gasteiger partial charge in [0, 0.05) is 19.2 Å². The van der Waals surface area contributed by atoms with Crippen LogP contribution < -0.4 is 10.5 Å². The van der Waals surface area contributed by atoms with Gasteiger partial charge in [0.25, 0.3) is 0 Å². The minimum absolute atomic E-state index is 0.0313. The first-order valence-corrected chi connectivity index (χ1v) is 7.70. The van der Waals surface area contributed by atoms with Crippen LogP contribution >= 0.6 is 11.8 Å². The van der Waals surface area contributed by atoms with E-state index in [0.29, 0.717) is 13.2 Å². The van der Waals surface area contributed by atoms with Crippen LogP contribution in [0.2, 0.25) is 0 Å². The number of aromatic nitrogens is 2. The first-order chi connectivity index (χ1) is 10.2. The second-order valence-corrected chi connectivity index (χ2v) is 5.84. The average molecular weight is 311 g/mol. The van der Waals surface area contributed by atoms with Crippen LogP contribution in [-0.2, 0) is 4.74 Å². The summed E-state index contributed by atoms with van der Waals surface area (Å²) in [6, 6.07) is 5.46. The van der Waals surface area contributed by atoms with Gasteiger partial charge in [0.15, 0.2) is 5.16 Å². The maximum atomic E-state index is 9.46. The summed E-state index contributed by atoms with van der Waals surface area (Å²) in [7, 11) is 1.59. The number of H-pyrrole nitrogens is 1. The van der Waals surface area contributed by atoms with Crippen molar-refractivity contribution in [1.29, 1.82) is 0 Å². The van der Waals surface area contributed by atoms with Gasteiger partial charge in [0.05, 0.1) is 36.1 Å². The van der Waals surface area contributed by atoms with Crippen LogP contribution in [0.5, 0.6) is 5.75 Å². The van der Waals surface area contributed by atoms with Gasteiger partial charge in [-0.1, -0.05) is 11.8 Å². The molecule has 116 valence electrons. The quantitative estimate of drug-likeness (QED) is 0.638. The number of aromatic amines is 1. The Morgan fingerprint density at radius 3 is 2.95 bits per heavy atom. The second kappa shape index (κ2) is 7.65. The monoisotopic (exact) mass is 311 g/mol. The molecule has 1 heterocycles. The van der Waals surface area contributed by atoms with Crippen LogP contribution in [0.4, 0.5) is 0 Å². The molecule has 0 aliphatic rings. The highest BCUT2D eigenvalue weighted by Crippen LogP contribution is 2.26. The van der Waals surface area contributed by atoms with Gasteiger partial charge in [-0.2, -0.15) is 0 Å². The number of methoxy groups -OCH3 is 1. The fraction of sp³-hybridized carbons (Fsp3) is 0.500. The van der Waals surface area contributed by atoms with Gasteiger partial charge in [0.2, 0.25) is 0 Å². The van der Waals surface area contributed by atoms with E-state index in [9.17, 15) is 5.11 Å². The van der Waals surface area contributed by atoms with E-state index in [0.717, 1.165) is 21.9 Å². The molecule has 6 nitrogen and oxygen atoms in total. The third-order valence-corrected chi connectivity index (χ3v) is 4.24. The van der Waals surface area contributed by atoms with Gasteiger partial charge in [-0.25, -0.2) is 4.98 Å². The van der Waals surface area contributed by atoms with Crippen molar-refractivity contribution in [2.45, 2.75) is 23.4 Å². The van der Waals surface area contributed by atoms with Crippen LogP contribution in [0.3, 0.4) is 0 Å². The van der Waals surface area contributed by atoms with E-state index in [1.807, 2.05) is 25.1 Å². The van der Waals surface area contributed by atoms with Crippen LogP contribution in [0, 0.1) is 0 Å². The maximum absolute atomic E-state index is 9.46. The van der Waals surface area contributed by atoms with Crippen LogP contribution in [0.1, 0.15) is 6.92 Å². The van der Waals surface area contributed by atoms with Crippen molar-refractivity contribution < 1.29 is 14.6 Å². The number of hydrogen-bond donors (Lipinski definition) is 3. The number of ether oxygens (including phenoxy) is 2. The van der Waals surface area contributed by atoms with Crippen LogP contribution in [0.25, 0.3) is 11.0 Å². The number of benzene rings is 1. The molecule has 0 amide bonds. The number of hydrogen-bond acceptors (Lipinski definition) is 6. The summed E-state index contributed by atoms with van der Waals surface area (Å²) in [6.45, 7) is 2.94. The number of rotatable bonds is 8. The van der Waals surface area contributed by atoms with E-state index in [4.69, 9.17) is 15.2 Å². The van der Waals surface area contributed by atoms with E-state index < -0.39 is 0 Å². The molecule has 0 spiro atoms. The predicted octanol–water partition coefficient (Wildman–Crippen LogP) is 1.39. The van der Waals surface area contributed by atoms with E-state index in [2.05, 4.69) is 9.97 Å². The molecule has 7 heteroatoms. The normalized spacial score (nSPS) is 14.3. The number of nitrogens with two attached hydrogens (primary N) is 1. The molecule has 21 heavy (non-hydrogen) atoms. The molecule has 0 aliphatic carbocycles. The fourth-order valence-corrected chi connectivity index (χ4v) is 2.92. The molecule has 1 aromatic heterocycles. The third-order valence-electron chi connectivity index (χ3n) is 3.02. The molecule has 2 rings (SSSR count). The Labute approximate surface area is 128 Å². The van der Waals surface area contributed by atoms with E-state index in [1.165, 1.54) is 11.8 Å². The highest BCUT2D eigenvalue weighted by molar-refractivity contribution is 7.99. The highest BCUT2D eigenvalue weighted by atomic mass is 32.2. The minimum atomic E-state index is -0.253. The van der Waals surface area contributed by atoms with Gasteiger partial charge < -0.3 is 25.3 Å². The molecule has 2 aromatic rings. The second-order valence-electron chi connectivity index (χ2n) is 4.61. The van der Waals surface area contributed by atoms with Gasteiger partial charge in [-0.05, 0) is 19.1 Å². The Bertz CT molecular complexity index is 576. The summed E-state index contributed by atoms with van der Waals surface area (Å²) >= 11 is 1.42. The smallest absolute Gasteiger partial charge is 0.166 e. The van der Waals surface area contributed by atoms with Gasteiger partial charge >= 0.3 is 0 Å². The Balaban J connectivity index is 2.14. The zero-order valence-electron chi connectivity index (χ0n) is 12.2. The molecule has 2 atom stereocenters. The lowest BCUT2D eigenvalue weighted by molar-refractivity contribution is 0.167. The number of nitrogens with zero attached hydrogens (tertiary/aromatic N) is 1. The van der Waals surface area contributed by atoms with Gasteiger partial charge in [-0.3, -0.25) is 0 Å². The summed E-state index contributed by atoms with van der Waals surface area (Å²) in [5.74, 6) is 0.806. The summed E-state index contributed by atoms with van der Waals surface area (Å²) in [5.41, 5.74) is 7.74. The van der Waals surface area contributed by atoms with Gasteiger partial charge in [0.1, 0.15) is 5.75 Å². The Morgan fingerprint density at radius 1 is 1.48 bits per heavy atom. The maximum Gasteiger partial charge on any atom is 0.166 e. The first-order valence-electron chi connectivity index (χ1n) is 6.82. The van der Waals surface area contributed by atoms with Crippen molar-refractivity contribution in [3.05, 3.63) is 18.2 Å². The lowest BCUT2D eigenvalue weighted by Gasteiger charge is -2.19. The van der Waals surface area contributed by atoms with E-state index >= 15 is 0 Å². The lowest BCUT2D eigenvalue weighted by Crippen LogP contribution is -2.38. The number of nitrogens with one attached hydrogen (secondary N) is 1. The number of aliphatic hydroxyl groups is 1. The Kier molecular flexibility index (Phi) is 5.86. The molecule has 0 radical (unpaired) electrons. The van der Waals surface area contributed by atoms with Crippen molar-refractivity contribution in [2.24, 2.45) is 5.73 Å². The Morgan fingerprint density at radius 2 is 2.29 bits per heavy atom. The fourth-order valence-electron chi connectivity index (χ4n) is 1.98. The molecular formula is C14H21N3O3S. The minimum Gasteiger partial charge on any atom is -0.494 e. The van der Waals surface area contributed by atoms with Crippen molar-refractivity contribution in [1.82, 2.24) is 9.97 Å². The molecule has 1 aromatic carbocycles. The number of thioether (sulfide) groups is 1. The molecular weight excluding hydrogens is 290 g/mol. The standard InChI is InChI=1S/C14H21N3O3S/c1-3-20-9-4-5-11-12(6-9)17-14(16-11)21-13(7-18)10(15)8-19-2/h4-6,10,13,18H,3,7-8,15H2,1-2H3,(H,16,17). The molecule has 0 saturated carbocycles. The molecule has 2 unspecified atom stereocenters. The summed E-state index contributed by atoms with van der Waals surface area (Å²) in [5, 5.41) is 10.0. The van der Waals surface area contributed by atoms with Crippen LogP contribution in [-0.4, -0.2) is 53.3 Å². The summed E-state index contributed by atoms with van der Waals surface area (Å²) in [6.07, 6.45) is 0. The Hall–Kier alpha value is -1.28. The molecule has 0 fully saturated rings. The number of fused-ring (bicyclic) bond motifs is 1. The van der Waals surface area contributed by atoms with Crippen molar-refractivity contribution in [3.63, 3.8) is 0 Å². The van der Waals surface area contributed by atoms with Crippen molar-refractivity contribution in [3.8, 4) is 5.75 Å². The largest absolute Gasteiger partial charge is 0.494 e. The zero-order valence-corrected chi connectivity index (χ0v) is 13.0. The topological polar surface area (TPSA) is 93.4 Å². The first kappa shape index (κ1) is 16.1. The summed E-state index contributed by atoms with van der Waals surface area (Å²) in [4.78, 5) is 7.71. The summed E-state index contributed by atoms with van der Waals surface area (Å²) < 4.78 is 10.5. The zero-order chi connectivity index (χ0) is 15.2.